The average Bonchev–Trinajstić information content (AvgIpc) is 2.64. The molecular formula is C20H16N2O2. The fourth-order valence-corrected chi connectivity index (χ4v) is 2.27. The van der Waals surface area contributed by atoms with E-state index in [1.807, 2.05) is 42.5 Å². The number of nitrogens with one attached hydrogen (secondary N) is 1. The lowest BCUT2D eigenvalue weighted by molar-refractivity contribution is 0.0955. The number of nitrogens with zero attached hydrogens (tertiary/aromatic N) is 1. The first-order chi connectivity index (χ1) is 11.7. The summed E-state index contributed by atoms with van der Waals surface area (Å²) in [6.07, 6.45) is 1.41. The van der Waals surface area contributed by atoms with E-state index in [4.69, 9.17) is 0 Å². The van der Waals surface area contributed by atoms with E-state index in [9.17, 15) is 9.90 Å². The third-order valence-electron chi connectivity index (χ3n) is 3.56. The summed E-state index contributed by atoms with van der Waals surface area (Å²) in [4.78, 5) is 12.1. The zero-order valence-electron chi connectivity index (χ0n) is 12.9. The van der Waals surface area contributed by atoms with Crippen molar-refractivity contribution < 1.29 is 9.90 Å². The smallest absolute Gasteiger partial charge is 0.271 e. The van der Waals surface area contributed by atoms with Crippen LogP contribution in [0.2, 0.25) is 0 Å². The molecule has 0 radical (unpaired) electrons. The number of para-hydroxylation sites is 1. The number of hydrogen-bond donors (Lipinski definition) is 2. The van der Waals surface area contributed by atoms with Gasteiger partial charge in [-0.05, 0) is 35.4 Å². The largest absolute Gasteiger partial charge is 0.507 e. The highest BCUT2D eigenvalue weighted by atomic mass is 16.3. The van der Waals surface area contributed by atoms with Crippen molar-refractivity contribution in [2.75, 3.05) is 0 Å². The van der Waals surface area contributed by atoms with Crippen LogP contribution in [0.25, 0.3) is 11.1 Å². The van der Waals surface area contributed by atoms with Gasteiger partial charge in [0.1, 0.15) is 5.75 Å². The SMILES string of the molecule is O=C(N/N=C\c1ccccc1O)c1ccc(-c2ccccc2)cc1. The van der Waals surface area contributed by atoms with E-state index in [0.29, 0.717) is 11.1 Å². The second kappa shape index (κ2) is 7.24. The Morgan fingerprint density at radius 3 is 2.17 bits per heavy atom. The Bertz CT molecular complexity index is 856. The van der Waals surface area contributed by atoms with Gasteiger partial charge in [-0.1, -0.05) is 54.6 Å². The fraction of sp³-hybridized carbons (Fsp3) is 0. The third kappa shape index (κ3) is 3.67. The van der Waals surface area contributed by atoms with Crippen molar-refractivity contribution in [3.8, 4) is 16.9 Å². The minimum atomic E-state index is -0.304. The summed E-state index contributed by atoms with van der Waals surface area (Å²) in [7, 11) is 0. The summed E-state index contributed by atoms with van der Waals surface area (Å²) in [5.41, 5.74) is 5.66. The molecule has 0 fully saturated rings. The van der Waals surface area contributed by atoms with Crippen LogP contribution in [0.4, 0.5) is 0 Å². The summed E-state index contributed by atoms with van der Waals surface area (Å²) in [5, 5.41) is 13.5. The lowest BCUT2D eigenvalue weighted by Gasteiger charge is -2.04. The number of phenols is 1. The second-order valence-electron chi connectivity index (χ2n) is 5.20. The number of benzene rings is 3. The number of hydrogen-bond acceptors (Lipinski definition) is 3. The van der Waals surface area contributed by atoms with Crippen LogP contribution in [0.3, 0.4) is 0 Å². The first kappa shape index (κ1) is 15.5. The standard InChI is InChI=1S/C20H16N2O2/c23-19-9-5-4-8-18(19)14-21-22-20(24)17-12-10-16(11-13-17)15-6-2-1-3-7-15/h1-14,23H,(H,22,24)/b21-14-. The lowest BCUT2D eigenvalue weighted by Crippen LogP contribution is -2.17. The molecule has 0 aliphatic heterocycles. The number of aromatic hydroxyl groups is 1. The predicted octanol–water partition coefficient (Wildman–Crippen LogP) is 3.82. The Kier molecular flexibility index (Phi) is 4.68. The van der Waals surface area contributed by atoms with E-state index < -0.39 is 0 Å². The molecule has 0 unspecified atom stereocenters. The maximum Gasteiger partial charge on any atom is 0.271 e. The van der Waals surface area contributed by atoms with Gasteiger partial charge in [-0.3, -0.25) is 4.79 Å². The van der Waals surface area contributed by atoms with E-state index in [2.05, 4.69) is 10.5 Å². The van der Waals surface area contributed by atoms with Gasteiger partial charge in [0, 0.05) is 11.1 Å². The minimum Gasteiger partial charge on any atom is -0.507 e. The molecule has 0 saturated carbocycles. The molecule has 0 saturated heterocycles. The van der Waals surface area contributed by atoms with Gasteiger partial charge in [0.15, 0.2) is 0 Å². The van der Waals surface area contributed by atoms with E-state index in [1.54, 1.807) is 36.4 Å². The number of carbonyl (C=O) groups is 1. The Labute approximate surface area is 140 Å². The molecule has 2 N–H and O–H groups in total. The number of rotatable bonds is 4. The van der Waals surface area contributed by atoms with Crippen LogP contribution in [-0.4, -0.2) is 17.2 Å². The summed E-state index contributed by atoms with van der Waals surface area (Å²) >= 11 is 0. The molecule has 3 rings (SSSR count). The van der Waals surface area contributed by atoms with Crippen molar-refractivity contribution >= 4 is 12.1 Å². The number of hydrazone groups is 1. The molecule has 3 aromatic rings. The van der Waals surface area contributed by atoms with Gasteiger partial charge in [0.2, 0.25) is 0 Å². The molecule has 0 aliphatic carbocycles. The number of phenolic OH excluding ortho intramolecular Hbond substituents is 1. The summed E-state index contributed by atoms with van der Waals surface area (Å²) in [6, 6.07) is 24.0. The van der Waals surface area contributed by atoms with Gasteiger partial charge in [0.05, 0.1) is 6.21 Å². The normalized spacial score (nSPS) is 10.7. The molecule has 24 heavy (non-hydrogen) atoms. The van der Waals surface area contributed by atoms with Crippen molar-refractivity contribution in [1.29, 1.82) is 0 Å². The van der Waals surface area contributed by atoms with Crippen molar-refractivity contribution in [2.24, 2.45) is 5.10 Å². The van der Waals surface area contributed by atoms with Crippen LogP contribution in [0.15, 0.2) is 84.0 Å². The summed E-state index contributed by atoms with van der Waals surface area (Å²) in [5.74, 6) is -0.191. The van der Waals surface area contributed by atoms with Crippen molar-refractivity contribution in [3.63, 3.8) is 0 Å². The molecule has 4 heteroatoms. The molecule has 1 amide bonds. The van der Waals surface area contributed by atoms with E-state index in [1.165, 1.54) is 6.21 Å². The van der Waals surface area contributed by atoms with Crippen molar-refractivity contribution in [2.45, 2.75) is 0 Å². The van der Waals surface area contributed by atoms with Gasteiger partial charge < -0.3 is 5.11 Å². The van der Waals surface area contributed by atoms with Gasteiger partial charge >= 0.3 is 0 Å². The molecule has 0 atom stereocenters. The molecule has 4 nitrogen and oxygen atoms in total. The van der Waals surface area contributed by atoms with Gasteiger partial charge in [-0.15, -0.1) is 0 Å². The molecule has 3 aromatic carbocycles. The Balaban J connectivity index is 1.66. The predicted molar refractivity (Wildman–Crippen MR) is 95.0 cm³/mol. The van der Waals surface area contributed by atoms with Crippen LogP contribution >= 0.6 is 0 Å². The monoisotopic (exact) mass is 316 g/mol. The van der Waals surface area contributed by atoms with Crippen LogP contribution in [0.5, 0.6) is 5.75 Å². The first-order valence-electron chi connectivity index (χ1n) is 7.51. The molecule has 0 bridgehead atoms. The Hall–Kier alpha value is -3.40. The van der Waals surface area contributed by atoms with Gasteiger partial charge in [0.25, 0.3) is 5.91 Å². The van der Waals surface area contributed by atoms with Crippen LogP contribution in [-0.2, 0) is 0 Å². The molecule has 0 heterocycles. The summed E-state index contributed by atoms with van der Waals surface area (Å²) in [6.45, 7) is 0. The van der Waals surface area contributed by atoms with Gasteiger partial charge in [-0.25, -0.2) is 5.43 Å². The van der Waals surface area contributed by atoms with E-state index in [-0.39, 0.29) is 11.7 Å². The fourth-order valence-electron chi connectivity index (χ4n) is 2.27. The number of amides is 1. The molecule has 0 aliphatic rings. The third-order valence-corrected chi connectivity index (χ3v) is 3.56. The van der Waals surface area contributed by atoms with Crippen molar-refractivity contribution in [3.05, 3.63) is 90.0 Å². The lowest BCUT2D eigenvalue weighted by atomic mass is 10.0. The van der Waals surface area contributed by atoms with E-state index in [0.717, 1.165) is 11.1 Å². The highest BCUT2D eigenvalue weighted by molar-refractivity contribution is 5.95. The zero-order chi connectivity index (χ0) is 16.8. The topological polar surface area (TPSA) is 61.7 Å². The van der Waals surface area contributed by atoms with Crippen molar-refractivity contribution in [1.82, 2.24) is 5.43 Å². The Morgan fingerprint density at radius 2 is 1.46 bits per heavy atom. The Morgan fingerprint density at radius 1 is 0.833 bits per heavy atom. The maximum absolute atomic E-state index is 12.1. The summed E-state index contributed by atoms with van der Waals surface area (Å²) < 4.78 is 0. The minimum absolute atomic E-state index is 0.114. The highest BCUT2D eigenvalue weighted by Crippen LogP contribution is 2.19. The quantitative estimate of drug-likeness (QED) is 0.568. The van der Waals surface area contributed by atoms with E-state index >= 15 is 0 Å². The number of carbonyl (C=O) groups excluding carboxylic acids is 1. The highest BCUT2D eigenvalue weighted by Gasteiger charge is 2.05. The molecular weight excluding hydrogens is 300 g/mol. The molecule has 0 aromatic heterocycles. The first-order valence-corrected chi connectivity index (χ1v) is 7.51. The molecule has 118 valence electrons. The zero-order valence-corrected chi connectivity index (χ0v) is 12.9. The maximum atomic E-state index is 12.1. The van der Waals surface area contributed by atoms with Crippen LogP contribution in [0.1, 0.15) is 15.9 Å². The van der Waals surface area contributed by atoms with Gasteiger partial charge in [-0.2, -0.15) is 5.10 Å². The molecule has 0 spiro atoms. The average molecular weight is 316 g/mol. The van der Waals surface area contributed by atoms with Crippen LogP contribution < -0.4 is 5.43 Å². The second-order valence-corrected chi connectivity index (χ2v) is 5.20. The van der Waals surface area contributed by atoms with Crippen LogP contribution in [0, 0.1) is 0 Å².